The van der Waals surface area contributed by atoms with E-state index in [0.717, 1.165) is 12.8 Å². The lowest BCUT2D eigenvalue weighted by Crippen LogP contribution is -2.45. The molecule has 100 valence electrons. The maximum Gasteiger partial charge on any atom is 0.235 e. The number of nitrogens with one attached hydrogen (secondary N) is 1. The number of carbonyl (C=O) groups is 1. The second kappa shape index (κ2) is 5.96. The second-order valence-corrected chi connectivity index (χ2v) is 7.40. The number of carbonyl (C=O) groups excluding carboxylic acids is 1. The van der Waals surface area contributed by atoms with Crippen molar-refractivity contribution in [2.24, 2.45) is 5.73 Å². The Balaban J connectivity index is 2.42. The lowest BCUT2D eigenvalue weighted by atomic mass is 10.1. The molecule has 1 saturated carbocycles. The highest BCUT2D eigenvalue weighted by Crippen LogP contribution is 2.18. The summed E-state index contributed by atoms with van der Waals surface area (Å²) in [4.78, 5) is 11.9. The highest BCUT2D eigenvalue weighted by Gasteiger charge is 2.27. The number of rotatable bonds is 5. The summed E-state index contributed by atoms with van der Waals surface area (Å²) in [6, 6.07) is 0.285. The smallest absolute Gasteiger partial charge is 0.235 e. The summed E-state index contributed by atoms with van der Waals surface area (Å²) in [5.74, 6) is 0.256. The Morgan fingerprint density at radius 1 is 1.47 bits per heavy atom. The molecule has 0 aliphatic heterocycles. The van der Waals surface area contributed by atoms with Crippen molar-refractivity contribution in [1.29, 1.82) is 0 Å². The van der Waals surface area contributed by atoms with E-state index in [1.165, 1.54) is 12.8 Å². The average Bonchev–Trinajstić information content (AvgIpc) is 2.66. The fraction of sp³-hybridized carbons (Fsp3) is 0.917. The first-order chi connectivity index (χ1) is 7.79. The van der Waals surface area contributed by atoms with E-state index in [1.807, 2.05) is 13.8 Å². The minimum absolute atomic E-state index is 0.0977. The monoisotopic (exact) mass is 260 g/mol. The zero-order chi connectivity index (χ0) is 13.1. The summed E-state index contributed by atoms with van der Waals surface area (Å²) in [6.45, 7) is 5.37. The molecule has 0 radical (unpaired) electrons. The van der Waals surface area contributed by atoms with E-state index in [1.54, 1.807) is 6.92 Å². The molecule has 1 aliphatic carbocycles. The van der Waals surface area contributed by atoms with E-state index in [0.29, 0.717) is 5.75 Å². The zero-order valence-corrected chi connectivity index (χ0v) is 11.8. The number of nitrogens with two attached hydrogens (primary N) is 1. The predicted molar refractivity (Wildman–Crippen MR) is 71.1 cm³/mol. The van der Waals surface area contributed by atoms with E-state index in [2.05, 4.69) is 5.32 Å². The topological polar surface area (TPSA) is 72.2 Å². The van der Waals surface area contributed by atoms with Crippen LogP contribution in [0.25, 0.3) is 0 Å². The van der Waals surface area contributed by atoms with Crippen LogP contribution in [0.4, 0.5) is 0 Å². The summed E-state index contributed by atoms with van der Waals surface area (Å²) in [5, 5.41) is 2.50. The molecule has 1 amide bonds. The SMILES string of the molecule is CC(C(=O)NC1CCCC1)S(=O)CC(C)(C)N. The van der Waals surface area contributed by atoms with Gasteiger partial charge in [0.25, 0.3) is 0 Å². The van der Waals surface area contributed by atoms with Gasteiger partial charge >= 0.3 is 0 Å². The van der Waals surface area contributed by atoms with Gasteiger partial charge in [-0.15, -0.1) is 0 Å². The van der Waals surface area contributed by atoms with Crippen LogP contribution in [-0.2, 0) is 15.6 Å². The average molecular weight is 260 g/mol. The van der Waals surface area contributed by atoms with E-state index < -0.39 is 21.6 Å². The molecule has 1 aliphatic rings. The van der Waals surface area contributed by atoms with Gasteiger partial charge in [-0.2, -0.15) is 0 Å². The van der Waals surface area contributed by atoms with Crippen LogP contribution in [0.1, 0.15) is 46.5 Å². The van der Waals surface area contributed by atoms with Gasteiger partial charge in [-0.1, -0.05) is 12.8 Å². The van der Waals surface area contributed by atoms with E-state index in [-0.39, 0.29) is 11.9 Å². The van der Waals surface area contributed by atoms with Crippen LogP contribution in [-0.4, -0.2) is 32.7 Å². The van der Waals surface area contributed by atoms with Gasteiger partial charge in [0, 0.05) is 28.1 Å². The van der Waals surface area contributed by atoms with Crippen molar-refractivity contribution < 1.29 is 9.00 Å². The van der Waals surface area contributed by atoms with E-state index in [9.17, 15) is 9.00 Å². The standard InChI is InChI=1S/C12H24N2O2S/c1-9(17(16)8-12(2,3)13)11(15)14-10-6-4-5-7-10/h9-10H,4-8,13H2,1-3H3,(H,14,15). The molecule has 2 unspecified atom stereocenters. The fourth-order valence-electron chi connectivity index (χ4n) is 2.00. The quantitative estimate of drug-likeness (QED) is 0.772. The van der Waals surface area contributed by atoms with Gasteiger partial charge in [0.2, 0.25) is 5.91 Å². The third kappa shape index (κ3) is 5.17. The lowest BCUT2D eigenvalue weighted by molar-refractivity contribution is -0.121. The summed E-state index contributed by atoms with van der Waals surface area (Å²) >= 11 is 0. The summed E-state index contributed by atoms with van der Waals surface area (Å²) < 4.78 is 11.9. The molecule has 1 rings (SSSR count). The van der Waals surface area contributed by atoms with Crippen molar-refractivity contribution in [1.82, 2.24) is 5.32 Å². The summed E-state index contributed by atoms with van der Waals surface area (Å²) in [7, 11) is -1.20. The predicted octanol–water partition coefficient (Wildman–Crippen LogP) is 0.920. The van der Waals surface area contributed by atoms with Gasteiger partial charge in [0.1, 0.15) is 5.25 Å². The molecular weight excluding hydrogens is 236 g/mol. The molecule has 1 fully saturated rings. The van der Waals surface area contributed by atoms with Crippen molar-refractivity contribution in [2.75, 3.05) is 5.75 Å². The Morgan fingerprint density at radius 3 is 2.47 bits per heavy atom. The van der Waals surface area contributed by atoms with Gasteiger partial charge in [0.05, 0.1) is 0 Å². The van der Waals surface area contributed by atoms with E-state index >= 15 is 0 Å². The Labute approximate surface area is 106 Å². The molecule has 0 aromatic heterocycles. The van der Waals surface area contributed by atoms with Gasteiger partial charge < -0.3 is 11.1 Å². The Hall–Kier alpha value is -0.420. The van der Waals surface area contributed by atoms with Crippen molar-refractivity contribution in [3.63, 3.8) is 0 Å². The molecule has 0 aromatic carbocycles. The molecule has 0 spiro atoms. The van der Waals surface area contributed by atoms with Crippen LogP contribution in [0.15, 0.2) is 0 Å². The van der Waals surface area contributed by atoms with Gasteiger partial charge in [-0.25, -0.2) is 0 Å². The molecule has 2 atom stereocenters. The minimum Gasteiger partial charge on any atom is -0.352 e. The first-order valence-corrected chi connectivity index (χ1v) is 7.64. The normalized spacial score (nSPS) is 21.2. The van der Waals surface area contributed by atoms with Crippen LogP contribution < -0.4 is 11.1 Å². The summed E-state index contributed by atoms with van der Waals surface area (Å²) in [5.41, 5.74) is 5.32. The lowest BCUT2D eigenvalue weighted by Gasteiger charge is -2.21. The molecule has 0 bridgehead atoms. The van der Waals surface area contributed by atoms with Gasteiger partial charge in [0.15, 0.2) is 0 Å². The third-order valence-electron chi connectivity index (χ3n) is 2.98. The zero-order valence-electron chi connectivity index (χ0n) is 11.0. The highest BCUT2D eigenvalue weighted by molar-refractivity contribution is 7.86. The molecular formula is C12H24N2O2S. The Kier molecular flexibility index (Phi) is 5.13. The molecule has 17 heavy (non-hydrogen) atoms. The summed E-state index contributed by atoms with van der Waals surface area (Å²) in [6.07, 6.45) is 4.46. The maximum absolute atomic E-state index is 11.9. The van der Waals surface area contributed by atoms with Crippen molar-refractivity contribution in [2.45, 2.75) is 63.3 Å². The van der Waals surface area contributed by atoms with E-state index in [4.69, 9.17) is 5.73 Å². The van der Waals surface area contributed by atoms with Crippen LogP contribution in [0, 0.1) is 0 Å². The largest absolute Gasteiger partial charge is 0.352 e. The number of hydrogen-bond donors (Lipinski definition) is 2. The first kappa shape index (κ1) is 14.6. The molecule has 5 heteroatoms. The first-order valence-electron chi connectivity index (χ1n) is 6.26. The molecule has 3 N–H and O–H groups in total. The van der Waals surface area contributed by atoms with Crippen molar-refractivity contribution >= 4 is 16.7 Å². The van der Waals surface area contributed by atoms with Crippen LogP contribution in [0.5, 0.6) is 0 Å². The van der Waals surface area contributed by atoms with Crippen LogP contribution in [0.2, 0.25) is 0 Å². The number of hydrogen-bond acceptors (Lipinski definition) is 3. The Bertz CT molecular complexity index is 293. The van der Waals surface area contributed by atoms with Crippen molar-refractivity contribution in [3.05, 3.63) is 0 Å². The molecule has 0 saturated heterocycles. The van der Waals surface area contributed by atoms with Crippen molar-refractivity contribution in [3.8, 4) is 0 Å². The highest BCUT2D eigenvalue weighted by atomic mass is 32.2. The number of amides is 1. The molecule has 0 aromatic rings. The minimum atomic E-state index is -1.20. The van der Waals surface area contributed by atoms with Crippen LogP contribution >= 0.6 is 0 Å². The Morgan fingerprint density at radius 2 is 2.00 bits per heavy atom. The van der Waals surface area contributed by atoms with Gasteiger partial charge in [-0.3, -0.25) is 9.00 Å². The molecule has 0 heterocycles. The van der Waals surface area contributed by atoms with Crippen LogP contribution in [0.3, 0.4) is 0 Å². The molecule has 4 nitrogen and oxygen atoms in total. The van der Waals surface area contributed by atoms with Gasteiger partial charge in [-0.05, 0) is 33.6 Å². The third-order valence-corrected chi connectivity index (χ3v) is 5.01. The second-order valence-electron chi connectivity index (χ2n) is 5.65. The fourth-order valence-corrected chi connectivity index (χ4v) is 3.29. The maximum atomic E-state index is 11.9.